The second-order valence-electron chi connectivity index (χ2n) is 7.76. The SMILES string of the molecule is Cc1cccc(N=C(SCC(=O)Nc2c(C)cccc2C)c2c(O)n(C)c(=O)n(C)c2=O)c1. The molecule has 1 heterocycles. The Kier molecular flexibility index (Phi) is 7.23. The van der Waals surface area contributed by atoms with Crippen LogP contribution in [0.4, 0.5) is 11.4 Å². The summed E-state index contributed by atoms with van der Waals surface area (Å²) in [5, 5.41) is 13.7. The number of rotatable bonds is 5. The lowest BCUT2D eigenvalue weighted by atomic mass is 10.1. The molecule has 3 rings (SSSR count). The maximum absolute atomic E-state index is 12.9. The lowest BCUT2D eigenvalue weighted by molar-refractivity contribution is -0.113. The van der Waals surface area contributed by atoms with E-state index in [2.05, 4.69) is 10.3 Å². The Labute approximate surface area is 195 Å². The van der Waals surface area contributed by atoms with Gasteiger partial charge in [0.25, 0.3) is 5.56 Å². The van der Waals surface area contributed by atoms with Crippen LogP contribution in [0.15, 0.2) is 57.0 Å². The van der Waals surface area contributed by atoms with E-state index in [-0.39, 0.29) is 22.3 Å². The topological polar surface area (TPSA) is 106 Å². The first-order chi connectivity index (χ1) is 15.6. The monoisotopic (exact) mass is 466 g/mol. The number of aromatic hydroxyl groups is 1. The summed E-state index contributed by atoms with van der Waals surface area (Å²) in [7, 11) is 2.69. The minimum absolute atomic E-state index is 0.0517. The van der Waals surface area contributed by atoms with Gasteiger partial charge in [0.2, 0.25) is 11.8 Å². The van der Waals surface area contributed by atoms with Gasteiger partial charge >= 0.3 is 5.69 Å². The predicted octanol–water partition coefficient (Wildman–Crippen LogP) is 3.17. The van der Waals surface area contributed by atoms with Gasteiger partial charge in [-0.2, -0.15) is 0 Å². The molecule has 0 saturated carbocycles. The first-order valence-corrected chi connectivity index (χ1v) is 11.2. The number of hydrogen-bond acceptors (Lipinski definition) is 6. The van der Waals surface area contributed by atoms with E-state index in [1.165, 1.54) is 14.1 Å². The molecule has 0 aliphatic heterocycles. The zero-order valence-electron chi connectivity index (χ0n) is 19.2. The van der Waals surface area contributed by atoms with Gasteiger partial charge in [0.15, 0.2) is 0 Å². The third kappa shape index (κ3) is 5.25. The van der Waals surface area contributed by atoms with Crippen molar-refractivity contribution < 1.29 is 9.90 Å². The van der Waals surface area contributed by atoms with Crippen molar-refractivity contribution in [2.24, 2.45) is 19.1 Å². The quantitative estimate of drug-likeness (QED) is 0.444. The molecule has 8 nitrogen and oxygen atoms in total. The van der Waals surface area contributed by atoms with Crippen molar-refractivity contribution in [1.82, 2.24) is 9.13 Å². The molecule has 1 amide bonds. The molecule has 3 aromatic rings. The minimum Gasteiger partial charge on any atom is -0.494 e. The van der Waals surface area contributed by atoms with Gasteiger partial charge in [0.1, 0.15) is 10.6 Å². The predicted molar refractivity (Wildman–Crippen MR) is 133 cm³/mol. The molecule has 9 heteroatoms. The highest BCUT2D eigenvalue weighted by Crippen LogP contribution is 2.25. The second-order valence-corrected chi connectivity index (χ2v) is 8.73. The molecule has 0 radical (unpaired) electrons. The van der Waals surface area contributed by atoms with Crippen LogP contribution in [0.1, 0.15) is 22.3 Å². The van der Waals surface area contributed by atoms with E-state index in [0.717, 1.165) is 43.3 Å². The molecular weight excluding hydrogens is 440 g/mol. The summed E-state index contributed by atoms with van der Waals surface area (Å²) in [4.78, 5) is 42.3. The number of carbonyl (C=O) groups excluding carboxylic acids is 1. The number of hydrogen-bond donors (Lipinski definition) is 2. The van der Waals surface area contributed by atoms with Crippen LogP contribution in [-0.4, -0.2) is 30.9 Å². The molecule has 0 unspecified atom stereocenters. The summed E-state index contributed by atoms with van der Waals surface area (Å²) in [5.41, 5.74) is 2.65. The van der Waals surface area contributed by atoms with E-state index in [9.17, 15) is 19.5 Å². The van der Waals surface area contributed by atoms with Crippen LogP contribution in [0.5, 0.6) is 5.88 Å². The van der Waals surface area contributed by atoms with Crippen LogP contribution in [0, 0.1) is 20.8 Å². The van der Waals surface area contributed by atoms with E-state index in [0.29, 0.717) is 5.69 Å². The van der Waals surface area contributed by atoms with Gasteiger partial charge in [0, 0.05) is 19.8 Å². The van der Waals surface area contributed by atoms with Crippen molar-refractivity contribution in [2.75, 3.05) is 11.1 Å². The molecular formula is C24H26N4O4S. The number of para-hydroxylation sites is 1. The number of nitrogens with zero attached hydrogens (tertiary/aromatic N) is 3. The third-order valence-corrected chi connectivity index (χ3v) is 6.14. The third-order valence-electron chi connectivity index (χ3n) is 5.17. The van der Waals surface area contributed by atoms with E-state index in [1.54, 1.807) is 6.07 Å². The van der Waals surface area contributed by atoms with Gasteiger partial charge in [0.05, 0.1) is 11.4 Å². The lowest BCUT2D eigenvalue weighted by Gasteiger charge is -2.14. The van der Waals surface area contributed by atoms with Gasteiger partial charge < -0.3 is 10.4 Å². The standard InChI is InChI=1S/C24H26N4O4S/c1-14-8-6-11-17(12-14)25-21(19-22(30)27(4)24(32)28(5)23(19)31)33-13-18(29)26-20-15(2)9-7-10-16(20)3/h6-12,30H,13H2,1-5H3,(H,26,29). The fraction of sp³-hybridized carbons (Fsp3) is 0.250. The first-order valence-electron chi connectivity index (χ1n) is 10.2. The Hall–Kier alpha value is -3.59. The number of nitrogens with one attached hydrogen (secondary N) is 1. The van der Waals surface area contributed by atoms with E-state index >= 15 is 0 Å². The number of aryl methyl sites for hydroxylation is 3. The van der Waals surface area contributed by atoms with Crippen LogP contribution < -0.4 is 16.6 Å². The number of amides is 1. The molecule has 1 aromatic heterocycles. The summed E-state index contributed by atoms with van der Waals surface area (Å²) in [6.45, 7) is 5.73. The van der Waals surface area contributed by atoms with Crippen LogP contribution in [-0.2, 0) is 18.9 Å². The Balaban J connectivity index is 2.00. The fourth-order valence-corrected chi connectivity index (χ4v) is 4.15. The van der Waals surface area contributed by atoms with E-state index < -0.39 is 17.1 Å². The van der Waals surface area contributed by atoms with Crippen LogP contribution in [0.25, 0.3) is 0 Å². The number of benzene rings is 2. The van der Waals surface area contributed by atoms with Gasteiger partial charge in [-0.15, -0.1) is 0 Å². The van der Waals surface area contributed by atoms with Crippen LogP contribution in [0.2, 0.25) is 0 Å². The van der Waals surface area contributed by atoms with Gasteiger partial charge in [-0.25, -0.2) is 9.79 Å². The zero-order chi connectivity index (χ0) is 24.3. The molecule has 0 aliphatic carbocycles. The largest absolute Gasteiger partial charge is 0.494 e. The molecule has 0 spiro atoms. The molecule has 0 atom stereocenters. The van der Waals surface area contributed by atoms with Gasteiger partial charge in [-0.05, 0) is 49.6 Å². The van der Waals surface area contributed by atoms with Crippen molar-refractivity contribution in [3.05, 3.63) is 85.6 Å². The first kappa shape index (κ1) is 24.1. The second kappa shape index (κ2) is 9.91. The molecule has 172 valence electrons. The summed E-state index contributed by atoms with van der Waals surface area (Å²) in [5.74, 6) is -0.836. The molecule has 0 saturated heterocycles. The maximum Gasteiger partial charge on any atom is 0.333 e. The van der Waals surface area contributed by atoms with Crippen molar-refractivity contribution in [2.45, 2.75) is 20.8 Å². The number of carbonyl (C=O) groups is 1. The number of aromatic nitrogens is 2. The maximum atomic E-state index is 12.9. The average Bonchev–Trinajstić information content (AvgIpc) is 2.77. The smallest absolute Gasteiger partial charge is 0.333 e. The Bertz CT molecular complexity index is 1350. The van der Waals surface area contributed by atoms with Crippen molar-refractivity contribution in [3.8, 4) is 5.88 Å². The summed E-state index contributed by atoms with van der Waals surface area (Å²) < 4.78 is 1.87. The highest BCUT2D eigenvalue weighted by atomic mass is 32.2. The van der Waals surface area contributed by atoms with Crippen LogP contribution >= 0.6 is 11.8 Å². The fourth-order valence-electron chi connectivity index (χ4n) is 3.32. The Morgan fingerprint density at radius 1 is 1.03 bits per heavy atom. The molecule has 0 aliphatic rings. The number of anilines is 1. The van der Waals surface area contributed by atoms with Crippen molar-refractivity contribution >= 4 is 34.1 Å². The number of thioether (sulfide) groups is 1. The van der Waals surface area contributed by atoms with E-state index in [1.807, 2.05) is 57.2 Å². The summed E-state index contributed by atoms with van der Waals surface area (Å²) >= 11 is 1.02. The number of aliphatic imine (C=N–C) groups is 1. The zero-order valence-corrected chi connectivity index (χ0v) is 20.0. The van der Waals surface area contributed by atoms with Crippen molar-refractivity contribution in [3.63, 3.8) is 0 Å². The van der Waals surface area contributed by atoms with Crippen LogP contribution in [0.3, 0.4) is 0 Å². The molecule has 0 fully saturated rings. The van der Waals surface area contributed by atoms with E-state index in [4.69, 9.17) is 0 Å². The highest BCUT2D eigenvalue weighted by Gasteiger charge is 2.22. The molecule has 33 heavy (non-hydrogen) atoms. The van der Waals surface area contributed by atoms with Crippen molar-refractivity contribution in [1.29, 1.82) is 0 Å². The Morgan fingerprint density at radius 2 is 1.67 bits per heavy atom. The molecule has 2 N–H and O–H groups in total. The Morgan fingerprint density at radius 3 is 2.30 bits per heavy atom. The lowest BCUT2D eigenvalue weighted by Crippen LogP contribution is -2.39. The average molecular weight is 467 g/mol. The normalized spacial score (nSPS) is 11.5. The van der Waals surface area contributed by atoms with Gasteiger partial charge in [-0.3, -0.25) is 18.7 Å². The molecule has 0 bridgehead atoms. The highest BCUT2D eigenvalue weighted by molar-refractivity contribution is 8.15. The van der Waals surface area contributed by atoms with Gasteiger partial charge in [-0.1, -0.05) is 42.1 Å². The summed E-state index contributed by atoms with van der Waals surface area (Å²) in [6, 6.07) is 13.0. The summed E-state index contributed by atoms with van der Waals surface area (Å²) in [6.07, 6.45) is 0. The minimum atomic E-state index is -0.690. The molecule has 2 aromatic carbocycles.